The fourth-order valence-corrected chi connectivity index (χ4v) is 3.60. The third kappa shape index (κ3) is 4.56. The number of amides is 2. The molecule has 0 aliphatic carbocycles. The van der Waals surface area contributed by atoms with Crippen molar-refractivity contribution in [2.45, 2.75) is 19.8 Å². The number of phenolic OH excluding ortho intramolecular Hbond substituents is 1. The molecule has 2 amide bonds. The molecular weight excluding hydrogens is 368 g/mol. The van der Waals surface area contributed by atoms with Gasteiger partial charge in [0.2, 0.25) is 5.91 Å². The first kappa shape index (κ1) is 20.4. The Kier molecular flexibility index (Phi) is 6.49. The second-order valence-corrected chi connectivity index (χ2v) is 6.89. The maximum absolute atomic E-state index is 12.6. The van der Waals surface area contributed by atoms with Gasteiger partial charge < -0.3 is 15.3 Å². The lowest BCUT2D eigenvalue weighted by Gasteiger charge is -2.21. The number of hydrogen-bond donors (Lipinski definition) is 3. The first-order chi connectivity index (χ1) is 14.0. The molecule has 0 bridgehead atoms. The van der Waals surface area contributed by atoms with Gasteiger partial charge in [-0.2, -0.15) is 5.10 Å². The molecule has 7 nitrogen and oxygen atoms in total. The average molecular weight is 394 g/mol. The summed E-state index contributed by atoms with van der Waals surface area (Å²) in [6.45, 7) is 6.19. The van der Waals surface area contributed by atoms with E-state index in [1.807, 2.05) is 50.2 Å². The Balaban J connectivity index is 1.68. The van der Waals surface area contributed by atoms with Gasteiger partial charge in [-0.3, -0.25) is 9.59 Å². The molecule has 1 fully saturated rings. The van der Waals surface area contributed by atoms with Gasteiger partial charge in [0.1, 0.15) is 11.7 Å². The molecule has 1 heterocycles. The predicted molar refractivity (Wildman–Crippen MR) is 113 cm³/mol. The number of benzene rings is 2. The summed E-state index contributed by atoms with van der Waals surface area (Å²) in [6, 6.07) is 14.8. The molecule has 29 heavy (non-hydrogen) atoms. The van der Waals surface area contributed by atoms with Crippen LogP contribution in [0.4, 0.5) is 5.69 Å². The summed E-state index contributed by atoms with van der Waals surface area (Å²) in [4.78, 5) is 26.9. The van der Waals surface area contributed by atoms with Crippen LogP contribution >= 0.6 is 0 Å². The van der Waals surface area contributed by atoms with E-state index >= 15 is 0 Å². The highest BCUT2D eigenvalue weighted by Crippen LogP contribution is 2.29. The van der Waals surface area contributed by atoms with Crippen molar-refractivity contribution >= 4 is 23.7 Å². The molecule has 0 spiro atoms. The van der Waals surface area contributed by atoms with Gasteiger partial charge in [-0.25, -0.2) is 5.43 Å². The molecule has 152 valence electrons. The number of nitrogens with zero attached hydrogens (tertiary/aromatic N) is 2. The average Bonchev–Trinajstić information content (AvgIpc) is 3.12. The monoisotopic (exact) mass is 394 g/mol. The van der Waals surface area contributed by atoms with Crippen LogP contribution in [0, 0.1) is 5.92 Å². The van der Waals surface area contributed by atoms with E-state index in [0.717, 1.165) is 24.3 Å². The Bertz CT molecular complexity index is 894. The summed E-state index contributed by atoms with van der Waals surface area (Å²) in [6.07, 6.45) is 1.38. The first-order valence-corrected chi connectivity index (χ1v) is 9.78. The number of hydrogen-bond acceptors (Lipinski definition) is 5. The normalized spacial score (nSPS) is 18.6. The minimum absolute atomic E-state index is 0.0770. The van der Waals surface area contributed by atoms with E-state index in [1.54, 1.807) is 12.1 Å². The number of carbonyl (C=O) groups excluding carboxylic acids is 2. The van der Waals surface area contributed by atoms with E-state index in [1.165, 1.54) is 6.21 Å². The zero-order valence-corrected chi connectivity index (χ0v) is 16.6. The molecule has 2 aromatic rings. The summed E-state index contributed by atoms with van der Waals surface area (Å²) in [5.41, 5.74) is 4.77. The van der Waals surface area contributed by atoms with Crippen LogP contribution in [0.2, 0.25) is 0 Å². The van der Waals surface area contributed by atoms with Crippen LogP contribution in [0.25, 0.3) is 0 Å². The van der Waals surface area contributed by atoms with Crippen molar-refractivity contribution in [2.24, 2.45) is 11.0 Å². The molecular formula is C22H26N4O3. The summed E-state index contributed by atoms with van der Waals surface area (Å²) >= 11 is 0. The van der Waals surface area contributed by atoms with E-state index < -0.39 is 11.8 Å². The van der Waals surface area contributed by atoms with Crippen LogP contribution < -0.4 is 15.6 Å². The zero-order valence-electron chi connectivity index (χ0n) is 16.6. The number of anilines is 1. The van der Waals surface area contributed by atoms with Crippen LogP contribution in [0.5, 0.6) is 5.75 Å². The summed E-state index contributed by atoms with van der Waals surface area (Å²) in [5, 5.41) is 16.9. The maximum atomic E-state index is 12.6. The minimum atomic E-state index is -0.840. The molecule has 0 radical (unpaired) electrons. The summed E-state index contributed by atoms with van der Waals surface area (Å²) < 4.78 is 0. The van der Waals surface area contributed by atoms with Gasteiger partial charge in [0.25, 0.3) is 5.91 Å². The van der Waals surface area contributed by atoms with Crippen molar-refractivity contribution < 1.29 is 14.7 Å². The van der Waals surface area contributed by atoms with Crippen LogP contribution in [-0.2, 0) is 9.59 Å². The number of phenols is 1. The Morgan fingerprint density at radius 1 is 1.24 bits per heavy atom. The number of hydrazone groups is 1. The lowest BCUT2D eigenvalue weighted by Crippen LogP contribution is -2.34. The van der Waals surface area contributed by atoms with Crippen molar-refractivity contribution in [3.05, 3.63) is 59.7 Å². The molecule has 2 aromatic carbocycles. The van der Waals surface area contributed by atoms with Crippen LogP contribution in [0.1, 0.15) is 30.9 Å². The van der Waals surface area contributed by atoms with Crippen molar-refractivity contribution in [1.82, 2.24) is 10.7 Å². The van der Waals surface area contributed by atoms with Crippen molar-refractivity contribution in [3.63, 3.8) is 0 Å². The molecule has 1 aliphatic heterocycles. The van der Waals surface area contributed by atoms with Gasteiger partial charge in [-0.05, 0) is 31.5 Å². The molecule has 0 aromatic heterocycles. The molecule has 3 rings (SSSR count). The molecule has 1 saturated heterocycles. The van der Waals surface area contributed by atoms with Gasteiger partial charge in [0.15, 0.2) is 0 Å². The van der Waals surface area contributed by atoms with E-state index in [-0.39, 0.29) is 17.6 Å². The predicted octanol–water partition coefficient (Wildman–Crippen LogP) is 2.22. The Morgan fingerprint density at radius 3 is 2.62 bits per heavy atom. The highest BCUT2D eigenvalue weighted by molar-refractivity contribution is 6.03. The van der Waals surface area contributed by atoms with E-state index in [9.17, 15) is 14.7 Å². The highest BCUT2D eigenvalue weighted by atomic mass is 16.3. The standard InChI is InChI=1S/C22H26N4O3/c1-3-26(4-2)17-11-10-16(19(27)12-17)13-24-25-22(29)20-18(14-23-21(20)28)15-8-6-5-7-9-15/h5-13,18,20,27H,3-4,14H2,1-2H3,(H,23,28)(H,25,29)/b24-13+/t18-,20-/m0/s1. The molecule has 2 atom stereocenters. The van der Waals surface area contributed by atoms with E-state index in [0.29, 0.717) is 12.1 Å². The van der Waals surface area contributed by atoms with Gasteiger partial charge >= 0.3 is 0 Å². The number of nitrogens with one attached hydrogen (secondary N) is 2. The topological polar surface area (TPSA) is 94.0 Å². The third-order valence-corrected chi connectivity index (χ3v) is 5.21. The third-order valence-electron chi connectivity index (χ3n) is 5.21. The van der Waals surface area contributed by atoms with Crippen molar-refractivity contribution in [3.8, 4) is 5.75 Å². The second kappa shape index (κ2) is 9.23. The Hall–Kier alpha value is -3.35. The summed E-state index contributed by atoms with van der Waals surface area (Å²) in [7, 11) is 0. The van der Waals surface area contributed by atoms with Crippen LogP contribution in [0.15, 0.2) is 53.6 Å². The van der Waals surface area contributed by atoms with Crippen molar-refractivity contribution in [2.75, 3.05) is 24.5 Å². The number of carbonyl (C=O) groups is 2. The fraction of sp³-hybridized carbons (Fsp3) is 0.318. The highest BCUT2D eigenvalue weighted by Gasteiger charge is 2.40. The lowest BCUT2D eigenvalue weighted by molar-refractivity contribution is -0.133. The zero-order chi connectivity index (χ0) is 20.8. The fourth-order valence-electron chi connectivity index (χ4n) is 3.60. The SMILES string of the molecule is CCN(CC)c1ccc(/C=N/NC(=O)[C@@H]2C(=O)NC[C@H]2c2ccccc2)c(O)c1. The smallest absolute Gasteiger partial charge is 0.253 e. The largest absolute Gasteiger partial charge is 0.507 e. The molecule has 7 heteroatoms. The van der Waals surface area contributed by atoms with E-state index in [4.69, 9.17) is 0 Å². The summed E-state index contributed by atoms with van der Waals surface area (Å²) in [5.74, 6) is -1.77. The second-order valence-electron chi connectivity index (χ2n) is 6.89. The van der Waals surface area contributed by atoms with Crippen LogP contribution in [0.3, 0.4) is 0 Å². The lowest BCUT2D eigenvalue weighted by atomic mass is 9.88. The Morgan fingerprint density at radius 2 is 1.97 bits per heavy atom. The van der Waals surface area contributed by atoms with Gasteiger partial charge in [0, 0.05) is 42.9 Å². The van der Waals surface area contributed by atoms with Crippen LogP contribution in [-0.4, -0.2) is 42.8 Å². The van der Waals surface area contributed by atoms with Gasteiger partial charge in [-0.1, -0.05) is 30.3 Å². The van der Waals surface area contributed by atoms with E-state index in [2.05, 4.69) is 20.7 Å². The van der Waals surface area contributed by atoms with Crippen molar-refractivity contribution in [1.29, 1.82) is 0 Å². The maximum Gasteiger partial charge on any atom is 0.253 e. The number of rotatable bonds is 7. The minimum Gasteiger partial charge on any atom is -0.507 e. The number of aromatic hydroxyl groups is 1. The quantitative estimate of drug-likeness (QED) is 0.381. The van der Waals surface area contributed by atoms with Gasteiger partial charge in [0.05, 0.1) is 6.21 Å². The molecule has 0 unspecified atom stereocenters. The molecule has 1 aliphatic rings. The molecule has 0 saturated carbocycles. The Labute approximate surface area is 170 Å². The first-order valence-electron chi connectivity index (χ1n) is 9.78. The molecule has 3 N–H and O–H groups in total. The van der Waals surface area contributed by atoms with Gasteiger partial charge in [-0.15, -0.1) is 0 Å².